The predicted molar refractivity (Wildman–Crippen MR) is 95.0 cm³/mol. The zero-order valence-corrected chi connectivity index (χ0v) is 14.0. The van der Waals surface area contributed by atoms with E-state index in [0.717, 1.165) is 10.0 Å². The van der Waals surface area contributed by atoms with Gasteiger partial charge in [0.25, 0.3) is 0 Å². The lowest BCUT2D eigenvalue weighted by Crippen LogP contribution is -2.18. The molecule has 0 aliphatic heterocycles. The SMILES string of the molecule is CC(NCc1cc(Br)ccc1O)c1cccc2ccccc12. The summed E-state index contributed by atoms with van der Waals surface area (Å²) in [5, 5.41) is 15.9. The van der Waals surface area contributed by atoms with Crippen LogP contribution in [0.4, 0.5) is 0 Å². The number of aromatic hydroxyl groups is 1. The summed E-state index contributed by atoms with van der Waals surface area (Å²) < 4.78 is 0.972. The summed E-state index contributed by atoms with van der Waals surface area (Å²) >= 11 is 3.44. The molecule has 0 heterocycles. The minimum Gasteiger partial charge on any atom is -0.508 e. The van der Waals surface area contributed by atoms with Crippen molar-refractivity contribution in [3.63, 3.8) is 0 Å². The zero-order chi connectivity index (χ0) is 15.5. The van der Waals surface area contributed by atoms with Crippen LogP contribution in [0.5, 0.6) is 5.75 Å². The molecule has 112 valence electrons. The smallest absolute Gasteiger partial charge is 0.120 e. The highest BCUT2D eigenvalue weighted by atomic mass is 79.9. The number of phenols is 1. The van der Waals surface area contributed by atoms with E-state index in [1.807, 2.05) is 12.1 Å². The van der Waals surface area contributed by atoms with Crippen LogP contribution in [0.25, 0.3) is 10.8 Å². The van der Waals surface area contributed by atoms with E-state index >= 15 is 0 Å². The van der Waals surface area contributed by atoms with E-state index in [9.17, 15) is 5.11 Å². The standard InChI is InChI=1S/C19H18BrNO/c1-13(21-12-15-11-16(20)9-10-19(15)22)17-8-4-6-14-5-2-3-7-18(14)17/h2-11,13,21-22H,12H2,1H3. The van der Waals surface area contributed by atoms with E-state index in [-0.39, 0.29) is 6.04 Å². The Bertz CT molecular complexity index is 795. The number of phenolic OH excluding ortho intramolecular Hbond substituents is 1. The Morgan fingerprint density at radius 2 is 1.82 bits per heavy atom. The van der Waals surface area contributed by atoms with Gasteiger partial charge < -0.3 is 10.4 Å². The molecule has 1 unspecified atom stereocenters. The highest BCUT2D eigenvalue weighted by molar-refractivity contribution is 9.10. The fraction of sp³-hybridized carbons (Fsp3) is 0.158. The van der Waals surface area contributed by atoms with Crippen LogP contribution in [-0.4, -0.2) is 5.11 Å². The molecule has 3 rings (SSSR count). The summed E-state index contributed by atoms with van der Waals surface area (Å²) in [4.78, 5) is 0. The Balaban J connectivity index is 1.82. The topological polar surface area (TPSA) is 32.3 Å². The van der Waals surface area contributed by atoms with Gasteiger partial charge in [-0.1, -0.05) is 58.4 Å². The van der Waals surface area contributed by atoms with Crippen LogP contribution in [0.2, 0.25) is 0 Å². The number of benzene rings is 3. The Morgan fingerprint density at radius 1 is 1.05 bits per heavy atom. The first-order valence-corrected chi connectivity index (χ1v) is 8.13. The minimum atomic E-state index is 0.199. The van der Waals surface area contributed by atoms with Crippen molar-refractivity contribution >= 4 is 26.7 Å². The first-order valence-electron chi connectivity index (χ1n) is 7.33. The maximum absolute atomic E-state index is 9.93. The molecule has 2 N–H and O–H groups in total. The molecule has 0 spiro atoms. The fourth-order valence-corrected chi connectivity index (χ4v) is 3.11. The first-order chi connectivity index (χ1) is 10.6. The Kier molecular flexibility index (Phi) is 4.46. The van der Waals surface area contributed by atoms with Gasteiger partial charge >= 0.3 is 0 Å². The van der Waals surface area contributed by atoms with Crippen molar-refractivity contribution in [1.29, 1.82) is 0 Å². The zero-order valence-electron chi connectivity index (χ0n) is 12.4. The van der Waals surface area contributed by atoms with Gasteiger partial charge in [0.1, 0.15) is 5.75 Å². The summed E-state index contributed by atoms with van der Waals surface area (Å²) in [5.41, 5.74) is 2.16. The van der Waals surface area contributed by atoms with E-state index in [2.05, 4.69) is 70.6 Å². The van der Waals surface area contributed by atoms with Gasteiger partial charge in [-0.3, -0.25) is 0 Å². The molecule has 0 saturated carbocycles. The molecule has 1 atom stereocenters. The highest BCUT2D eigenvalue weighted by Gasteiger charge is 2.10. The Morgan fingerprint density at radius 3 is 2.68 bits per heavy atom. The number of fused-ring (bicyclic) bond motifs is 1. The van der Waals surface area contributed by atoms with Crippen LogP contribution >= 0.6 is 15.9 Å². The lowest BCUT2D eigenvalue weighted by atomic mass is 9.99. The summed E-state index contributed by atoms with van der Waals surface area (Å²) in [5.74, 6) is 0.320. The van der Waals surface area contributed by atoms with Crippen molar-refractivity contribution in [2.75, 3.05) is 0 Å². The van der Waals surface area contributed by atoms with Crippen molar-refractivity contribution < 1.29 is 5.11 Å². The van der Waals surface area contributed by atoms with Crippen LogP contribution in [0, 0.1) is 0 Å². The highest BCUT2D eigenvalue weighted by Crippen LogP contribution is 2.26. The van der Waals surface area contributed by atoms with Gasteiger partial charge in [0.15, 0.2) is 0 Å². The molecule has 0 saturated heterocycles. The van der Waals surface area contributed by atoms with Gasteiger partial charge in [-0.2, -0.15) is 0 Å². The van der Waals surface area contributed by atoms with E-state index in [0.29, 0.717) is 12.3 Å². The molecule has 2 nitrogen and oxygen atoms in total. The monoisotopic (exact) mass is 355 g/mol. The number of hydrogen-bond acceptors (Lipinski definition) is 2. The Hall–Kier alpha value is -1.84. The maximum atomic E-state index is 9.93. The number of rotatable bonds is 4. The molecule has 3 heteroatoms. The molecule has 22 heavy (non-hydrogen) atoms. The predicted octanol–water partition coefficient (Wildman–Crippen LogP) is 5.16. The second kappa shape index (κ2) is 6.51. The lowest BCUT2D eigenvalue weighted by Gasteiger charge is -2.17. The molecule has 3 aromatic carbocycles. The van der Waals surface area contributed by atoms with Crippen LogP contribution in [-0.2, 0) is 6.54 Å². The Labute approximate surface area is 138 Å². The number of halogens is 1. The fourth-order valence-electron chi connectivity index (χ4n) is 2.70. The molecule has 0 bridgehead atoms. The number of nitrogens with one attached hydrogen (secondary N) is 1. The number of hydrogen-bond donors (Lipinski definition) is 2. The lowest BCUT2D eigenvalue weighted by molar-refractivity contribution is 0.460. The van der Waals surface area contributed by atoms with Gasteiger partial charge in [-0.25, -0.2) is 0 Å². The molecular weight excluding hydrogens is 338 g/mol. The van der Waals surface area contributed by atoms with Gasteiger partial charge in [-0.15, -0.1) is 0 Å². The van der Waals surface area contributed by atoms with E-state index < -0.39 is 0 Å². The van der Waals surface area contributed by atoms with Gasteiger partial charge in [0.05, 0.1) is 0 Å². The third kappa shape index (κ3) is 3.16. The molecule has 0 aliphatic rings. The molecule has 0 radical (unpaired) electrons. The normalized spacial score (nSPS) is 12.5. The van der Waals surface area contributed by atoms with Crippen LogP contribution < -0.4 is 5.32 Å². The summed E-state index contributed by atoms with van der Waals surface area (Å²) in [6, 6.07) is 20.5. The molecule has 0 fully saturated rings. The third-order valence-corrected chi connectivity index (χ3v) is 4.42. The quantitative estimate of drug-likeness (QED) is 0.677. The second-order valence-electron chi connectivity index (χ2n) is 5.44. The third-order valence-electron chi connectivity index (χ3n) is 3.93. The summed E-state index contributed by atoms with van der Waals surface area (Å²) in [7, 11) is 0. The van der Waals surface area contributed by atoms with Crippen molar-refractivity contribution in [2.45, 2.75) is 19.5 Å². The second-order valence-corrected chi connectivity index (χ2v) is 6.36. The van der Waals surface area contributed by atoms with Crippen molar-refractivity contribution in [3.8, 4) is 5.75 Å². The largest absolute Gasteiger partial charge is 0.508 e. The van der Waals surface area contributed by atoms with Crippen LogP contribution in [0.3, 0.4) is 0 Å². The van der Waals surface area contributed by atoms with E-state index in [4.69, 9.17) is 0 Å². The van der Waals surface area contributed by atoms with Crippen molar-refractivity contribution in [2.24, 2.45) is 0 Å². The van der Waals surface area contributed by atoms with Gasteiger partial charge in [-0.05, 0) is 41.5 Å². The molecule has 0 aliphatic carbocycles. The van der Waals surface area contributed by atoms with E-state index in [1.54, 1.807) is 6.07 Å². The molecule has 0 amide bonds. The molecule has 3 aromatic rings. The van der Waals surface area contributed by atoms with Gasteiger partial charge in [0.2, 0.25) is 0 Å². The first kappa shape index (κ1) is 15.1. The molecular formula is C19H18BrNO. The summed E-state index contributed by atoms with van der Waals surface area (Å²) in [6.45, 7) is 2.77. The van der Waals surface area contributed by atoms with Crippen molar-refractivity contribution in [1.82, 2.24) is 5.32 Å². The minimum absolute atomic E-state index is 0.199. The average Bonchev–Trinajstić information content (AvgIpc) is 2.55. The van der Waals surface area contributed by atoms with Gasteiger partial charge in [0, 0.05) is 22.6 Å². The van der Waals surface area contributed by atoms with Crippen LogP contribution in [0.1, 0.15) is 24.1 Å². The molecule has 0 aromatic heterocycles. The van der Waals surface area contributed by atoms with Crippen molar-refractivity contribution in [3.05, 3.63) is 76.3 Å². The average molecular weight is 356 g/mol. The van der Waals surface area contributed by atoms with E-state index in [1.165, 1.54) is 16.3 Å². The van der Waals surface area contributed by atoms with Crippen LogP contribution in [0.15, 0.2) is 65.1 Å². The maximum Gasteiger partial charge on any atom is 0.120 e. The summed E-state index contributed by atoms with van der Waals surface area (Å²) in [6.07, 6.45) is 0.